The van der Waals surface area contributed by atoms with Crippen molar-refractivity contribution in [3.63, 3.8) is 0 Å². The molecule has 18 heavy (non-hydrogen) atoms. The van der Waals surface area contributed by atoms with E-state index in [9.17, 15) is 0 Å². The van der Waals surface area contributed by atoms with Crippen LogP contribution in [0, 0.1) is 0 Å². The summed E-state index contributed by atoms with van der Waals surface area (Å²) in [4.78, 5) is 8.26. The van der Waals surface area contributed by atoms with Crippen LogP contribution in [0.4, 0.5) is 11.5 Å². The molecule has 0 spiro atoms. The maximum atomic E-state index is 5.70. The first kappa shape index (κ1) is 10.6. The van der Waals surface area contributed by atoms with Crippen LogP contribution in [0.5, 0.6) is 0 Å². The van der Waals surface area contributed by atoms with Gasteiger partial charge in [0.15, 0.2) is 0 Å². The van der Waals surface area contributed by atoms with Crippen molar-refractivity contribution in [2.75, 3.05) is 18.1 Å². The normalized spacial score (nSPS) is 10.7. The van der Waals surface area contributed by atoms with E-state index in [4.69, 9.17) is 10.2 Å². The molecule has 0 amide bonds. The van der Waals surface area contributed by atoms with Crippen LogP contribution in [0.15, 0.2) is 41.1 Å². The third-order valence-corrected chi connectivity index (χ3v) is 2.76. The van der Waals surface area contributed by atoms with Crippen molar-refractivity contribution in [1.82, 2.24) is 9.97 Å². The summed E-state index contributed by atoms with van der Waals surface area (Å²) < 4.78 is 5.70. The first-order valence-electron chi connectivity index (χ1n) is 5.56. The van der Waals surface area contributed by atoms with Crippen molar-refractivity contribution in [2.45, 2.75) is 0 Å². The lowest BCUT2D eigenvalue weighted by Crippen LogP contribution is -1.92. The van der Waals surface area contributed by atoms with Gasteiger partial charge in [0.2, 0.25) is 5.71 Å². The van der Waals surface area contributed by atoms with Crippen molar-refractivity contribution in [3.05, 3.63) is 36.7 Å². The Labute approximate surface area is 104 Å². The summed E-state index contributed by atoms with van der Waals surface area (Å²) in [5, 5.41) is 3.88. The minimum atomic E-state index is 0.571. The summed E-state index contributed by atoms with van der Waals surface area (Å²) in [6, 6.07) is 9.44. The lowest BCUT2D eigenvalue weighted by Gasteiger charge is -1.96. The average Bonchev–Trinajstić information content (AvgIpc) is 2.83. The fourth-order valence-corrected chi connectivity index (χ4v) is 1.84. The van der Waals surface area contributed by atoms with E-state index in [0.717, 1.165) is 28.2 Å². The third kappa shape index (κ3) is 1.66. The van der Waals surface area contributed by atoms with E-state index in [0.29, 0.717) is 5.71 Å². The molecule has 0 fully saturated rings. The molecule has 0 atom stereocenters. The molecular formula is C13H12N4O. The zero-order valence-electron chi connectivity index (χ0n) is 9.84. The lowest BCUT2D eigenvalue weighted by molar-refractivity contribution is 0.617. The highest BCUT2D eigenvalue weighted by Gasteiger charge is 2.10. The highest BCUT2D eigenvalue weighted by Crippen LogP contribution is 2.29. The Morgan fingerprint density at radius 2 is 1.94 bits per heavy atom. The first-order chi connectivity index (χ1) is 8.78. The zero-order chi connectivity index (χ0) is 12.5. The Morgan fingerprint density at radius 3 is 2.67 bits per heavy atom. The number of aromatic nitrogens is 2. The maximum Gasteiger partial charge on any atom is 0.231 e. The van der Waals surface area contributed by atoms with E-state index in [-0.39, 0.29) is 0 Å². The number of hydrogen-bond donors (Lipinski definition) is 2. The molecule has 0 unspecified atom stereocenters. The molecule has 0 aliphatic heterocycles. The summed E-state index contributed by atoms with van der Waals surface area (Å²) in [6.07, 6.45) is 1.48. The highest BCUT2D eigenvalue weighted by atomic mass is 16.3. The van der Waals surface area contributed by atoms with Crippen LogP contribution in [0.2, 0.25) is 0 Å². The average molecular weight is 240 g/mol. The van der Waals surface area contributed by atoms with E-state index in [2.05, 4.69) is 15.3 Å². The van der Waals surface area contributed by atoms with Crippen LogP contribution in [0.1, 0.15) is 0 Å². The number of fused-ring (bicyclic) bond motifs is 1. The molecule has 1 aromatic carbocycles. The zero-order valence-corrected chi connectivity index (χ0v) is 9.84. The molecular weight excluding hydrogens is 228 g/mol. The second-order valence-corrected chi connectivity index (χ2v) is 3.92. The van der Waals surface area contributed by atoms with Crippen molar-refractivity contribution in [2.24, 2.45) is 0 Å². The maximum absolute atomic E-state index is 5.70. The Hall–Kier alpha value is -2.56. The molecule has 0 saturated heterocycles. The Bertz CT molecular complexity index is 688. The highest BCUT2D eigenvalue weighted by molar-refractivity contribution is 5.89. The minimum absolute atomic E-state index is 0.571. The van der Waals surface area contributed by atoms with Gasteiger partial charge in [-0.15, -0.1) is 0 Å². The van der Waals surface area contributed by atoms with Crippen molar-refractivity contribution < 1.29 is 4.42 Å². The fourth-order valence-electron chi connectivity index (χ4n) is 1.84. The fraction of sp³-hybridized carbons (Fsp3) is 0.0769. The number of rotatable bonds is 2. The quantitative estimate of drug-likeness (QED) is 0.673. The van der Waals surface area contributed by atoms with Crippen molar-refractivity contribution in [3.8, 4) is 11.3 Å². The number of nitrogen functional groups attached to an aromatic ring is 1. The van der Waals surface area contributed by atoms with Crippen molar-refractivity contribution >= 4 is 22.6 Å². The number of furan rings is 1. The van der Waals surface area contributed by atoms with Gasteiger partial charge >= 0.3 is 0 Å². The Balaban J connectivity index is 2.16. The monoisotopic (exact) mass is 240 g/mol. The number of nitrogens with zero attached hydrogens (tertiary/aromatic N) is 2. The summed E-state index contributed by atoms with van der Waals surface area (Å²) >= 11 is 0. The molecule has 2 heterocycles. The summed E-state index contributed by atoms with van der Waals surface area (Å²) in [6.45, 7) is 0. The van der Waals surface area contributed by atoms with Crippen LogP contribution in [-0.4, -0.2) is 17.0 Å². The molecule has 90 valence electrons. The van der Waals surface area contributed by atoms with Gasteiger partial charge in [-0.1, -0.05) is 0 Å². The summed E-state index contributed by atoms with van der Waals surface area (Å²) in [5.74, 6) is 1.51. The number of benzene rings is 1. The lowest BCUT2D eigenvalue weighted by atomic mass is 10.1. The van der Waals surface area contributed by atoms with Gasteiger partial charge in [0, 0.05) is 18.3 Å². The number of nitrogens with one attached hydrogen (secondary N) is 1. The summed E-state index contributed by atoms with van der Waals surface area (Å²) in [7, 11) is 1.82. The van der Waals surface area contributed by atoms with E-state index >= 15 is 0 Å². The van der Waals surface area contributed by atoms with Crippen LogP contribution in [0.25, 0.3) is 22.4 Å². The predicted octanol–water partition coefficient (Wildman–Crippen LogP) is 2.51. The van der Waals surface area contributed by atoms with Gasteiger partial charge < -0.3 is 15.5 Å². The SMILES string of the molecule is CNc1ncnc2oc(-c3ccc(N)cc3)cc12. The molecule has 0 radical (unpaired) electrons. The second-order valence-electron chi connectivity index (χ2n) is 3.92. The molecule has 3 N–H and O–H groups in total. The van der Waals surface area contributed by atoms with E-state index in [1.54, 1.807) is 0 Å². The van der Waals surface area contributed by atoms with Crippen LogP contribution in [-0.2, 0) is 0 Å². The molecule has 3 rings (SSSR count). The van der Waals surface area contributed by atoms with Crippen LogP contribution >= 0.6 is 0 Å². The van der Waals surface area contributed by atoms with Crippen LogP contribution < -0.4 is 11.1 Å². The van der Waals surface area contributed by atoms with E-state index < -0.39 is 0 Å². The molecule has 5 nitrogen and oxygen atoms in total. The van der Waals surface area contributed by atoms with Gasteiger partial charge in [-0.05, 0) is 30.3 Å². The minimum Gasteiger partial charge on any atom is -0.438 e. The topological polar surface area (TPSA) is 77.0 Å². The third-order valence-electron chi connectivity index (χ3n) is 2.76. The first-order valence-corrected chi connectivity index (χ1v) is 5.56. The van der Waals surface area contributed by atoms with Gasteiger partial charge in [0.25, 0.3) is 0 Å². The van der Waals surface area contributed by atoms with Gasteiger partial charge in [0.05, 0.1) is 5.39 Å². The molecule has 0 aliphatic carbocycles. The molecule has 2 aromatic heterocycles. The largest absolute Gasteiger partial charge is 0.438 e. The molecule has 5 heteroatoms. The van der Waals surface area contributed by atoms with E-state index in [1.807, 2.05) is 37.4 Å². The van der Waals surface area contributed by atoms with Gasteiger partial charge in [-0.3, -0.25) is 0 Å². The molecule has 0 saturated carbocycles. The van der Waals surface area contributed by atoms with Gasteiger partial charge in [-0.2, -0.15) is 0 Å². The Kier molecular flexibility index (Phi) is 2.37. The predicted molar refractivity (Wildman–Crippen MR) is 71.2 cm³/mol. The van der Waals surface area contributed by atoms with Crippen LogP contribution in [0.3, 0.4) is 0 Å². The number of anilines is 2. The Morgan fingerprint density at radius 1 is 1.17 bits per heavy atom. The molecule has 0 bridgehead atoms. The summed E-state index contributed by atoms with van der Waals surface area (Å²) in [5.41, 5.74) is 7.92. The van der Waals surface area contributed by atoms with Crippen molar-refractivity contribution in [1.29, 1.82) is 0 Å². The number of hydrogen-bond acceptors (Lipinski definition) is 5. The molecule has 0 aliphatic rings. The smallest absolute Gasteiger partial charge is 0.231 e. The molecule has 3 aromatic rings. The van der Waals surface area contributed by atoms with Gasteiger partial charge in [-0.25, -0.2) is 9.97 Å². The van der Waals surface area contributed by atoms with E-state index in [1.165, 1.54) is 6.33 Å². The van der Waals surface area contributed by atoms with Gasteiger partial charge in [0.1, 0.15) is 17.9 Å². The number of nitrogens with two attached hydrogens (primary N) is 1. The standard InChI is InChI=1S/C13H12N4O/c1-15-12-10-6-11(18-13(10)17-7-16-12)8-2-4-9(14)5-3-8/h2-7H,14H2,1H3,(H,15,16,17). The second kappa shape index (κ2) is 4.03.